The van der Waals surface area contributed by atoms with Crippen molar-refractivity contribution in [1.29, 1.82) is 0 Å². The Balaban J connectivity index is 0.000000373. The van der Waals surface area contributed by atoms with E-state index in [4.69, 9.17) is 4.74 Å². The van der Waals surface area contributed by atoms with Gasteiger partial charge < -0.3 is 25.6 Å². The summed E-state index contributed by atoms with van der Waals surface area (Å²) in [6.45, 7) is 8.51. The van der Waals surface area contributed by atoms with E-state index in [2.05, 4.69) is 27.8 Å². The number of aliphatic hydroxyl groups excluding tert-OH is 1. The smallest absolute Gasteiger partial charge is 0.407 e. The summed E-state index contributed by atoms with van der Waals surface area (Å²) in [7, 11) is 0. The fourth-order valence-corrected chi connectivity index (χ4v) is 8.83. The Morgan fingerprint density at radius 1 is 0.855 bits per heavy atom. The van der Waals surface area contributed by atoms with Gasteiger partial charge in [-0.25, -0.2) is 9.59 Å². The number of nitrogens with zero attached hydrogens (tertiary/aromatic N) is 1. The van der Waals surface area contributed by atoms with Gasteiger partial charge in [0.05, 0.1) is 5.57 Å². The lowest BCUT2D eigenvalue weighted by Crippen LogP contribution is -2.41. The van der Waals surface area contributed by atoms with Crippen molar-refractivity contribution in [2.75, 3.05) is 13.2 Å². The predicted octanol–water partition coefficient (Wildman–Crippen LogP) is 10.1. The number of unbranched alkanes of at least 4 members (excludes halogenated alkanes) is 1. The number of fused-ring (bicyclic) bond motifs is 3. The first-order chi connectivity index (χ1) is 26.4. The molecule has 2 saturated carbocycles. The molecule has 0 aromatic heterocycles. The average molecular weight is 756 g/mol. The number of aliphatic carboxylic acids is 1. The predicted molar refractivity (Wildman–Crippen MR) is 220 cm³/mol. The second-order valence-electron chi connectivity index (χ2n) is 17.4. The Hall–Kier alpha value is -3.98. The molecule has 0 bridgehead atoms. The van der Waals surface area contributed by atoms with Gasteiger partial charge >= 0.3 is 12.1 Å². The quantitative estimate of drug-likeness (QED) is 0.111. The van der Waals surface area contributed by atoms with Crippen molar-refractivity contribution in [3.63, 3.8) is 0 Å². The van der Waals surface area contributed by atoms with Crippen LogP contribution in [0.15, 0.2) is 64.9 Å². The maximum absolute atomic E-state index is 12.8. The lowest BCUT2D eigenvalue weighted by Gasteiger charge is -2.30. The number of carbonyl (C=O) groups is 3. The number of benzene rings is 2. The van der Waals surface area contributed by atoms with Crippen LogP contribution in [0.4, 0.5) is 4.79 Å². The molecule has 1 atom stereocenters. The third kappa shape index (κ3) is 12.3. The van der Waals surface area contributed by atoms with Crippen LogP contribution in [0.25, 0.3) is 11.1 Å². The molecule has 1 amide bonds. The van der Waals surface area contributed by atoms with Gasteiger partial charge in [0, 0.05) is 43.1 Å². The zero-order valence-corrected chi connectivity index (χ0v) is 33.7. The number of hydrogen-bond acceptors (Lipinski definition) is 7. The lowest BCUT2D eigenvalue weighted by atomic mass is 9.75. The number of hydrogen-bond donors (Lipinski definition) is 4. The summed E-state index contributed by atoms with van der Waals surface area (Å²) < 4.78 is 5.52. The first-order valence-electron chi connectivity index (χ1n) is 21.0. The van der Waals surface area contributed by atoms with E-state index < -0.39 is 18.1 Å². The largest absolute Gasteiger partial charge is 0.511 e. The minimum atomic E-state index is -1.13. The number of alkyl carbamates (subject to hydrolysis) is 1. The molecule has 55 heavy (non-hydrogen) atoms. The third-order valence-electron chi connectivity index (χ3n) is 11.6. The molecule has 6 rings (SSSR count). The zero-order valence-electron chi connectivity index (χ0n) is 33.7. The van der Waals surface area contributed by atoms with Crippen LogP contribution in [0, 0.1) is 11.3 Å². The fraction of sp³-hybridized carbons (Fsp3) is 0.609. The first-order valence-corrected chi connectivity index (χ1v) is 21.0. The maximum Gasteiger partial charge on any atom is 0.407 e. The number of ether oxygens (including phenoxy) is 1. The van der Waals surface area contributed by atoms with Crippen LogP contribution < -0.4 is 10.6 Å². The molecule has 4 N–H and O–H groups in total. The van der Waals surface area contributed by atoms with Crippen LogP contribution in [-0.2, 0) is 14.3 Å². The summed E-state index contributed by atoms with van der Waals surface area (Å²) in [4.78, 5) is 42.0. The molecule has 0 unspecified atom stereocenters. The van der Waals surface area contributed by atoms with Crippen LogP contribution >= 0.6 is 0 Å². The van der Waals surface area contributed by atoms with E-state index in [-0.39, 0.29) is 41.8 Å². The number of ketones is 1. The summed E-state index contributed by atoms with van der Waals surface area (Å²) in [6.07, 6.45) is 16.5. The minimum absolute atomic E-state index is 0.0821. The Morgan fingerprint density at radius 2 is 1.42 bits per heavy atom. The van der Waals surface area contributed by atoms with Gasteiger partial charge in [-0.2, -0.15) is 0 Å². The van der Waals surface area contributed by atoms with E-state index in [9.17, 15) is 24.6 Å². The molecule has 0 saturated heterocycles. The summed E-state index contributed by atoms with van der Waals surface area (Å²) in [5.74, 6) is -0.959. The number of carboxylic acids is 1. The van der Waals surface area contributed by atoms with E-state index in [0.29, 0.717) is 49.9 Å². The SMILES string of the molecule is C1CCC(NC2CCCCC2)CC1.CC(C)CC(=NCCCC[C@H](NC(=O)OCC1c2ccccc2-c2ccccc21)C(=O)O)C1=C(O)CC(C)(C)CC1=O. The number of allylic oxidation sites excluding steroid dienone is 2. The van der Waals surface area contributed by atoms with Crippen molar-refractivity contribution in [2.24, 2.45) is 16.3 Å². The lowest BCUT2D eigenvalue weighted by molar-refractivity contribution is -0.139. The van der Waals surface area contributed by atoms with E-state index in [1.807, 2.05) is 64.1 Å². The van der Waals surface area contributed by atoms with Gasteiger partial charge in [-0.3, -0.25) is 9.79 Å². The molecule has 300 valence electrons. The number of amides is 1. The molecular formula is C46H65N3O6. The van der Waals surface area contributed by atoms with Gasteiger partial charge in [0.15, 0.2) is 5.78 Å². The van der Waals surface area contributed by atoms with Crippen molar-refractivity contribution in [3.8, 4) is 11.1 Å². The van der Waals surface area contributed by atoms with E-state index >= 15 is 0 Å². The molecule has 9 nitrogen and oxygen atoms in total. The fourth-order valence-electron chi connectivity index (χ4n) is 8.83. The summed E-state index contributed by atoms with van der Waals surface area (Å²) in [5, 5.41) is 26.7. The van der Waals surface area contributed by atoms with Gasteiger partial charge in [-0.15, -0.1) is 0 Å². The van der Waals surface area contributed by atoms with Crippen molar-refractivity contribution in [3.05, 3.63) is 71.0 Å². The van der Waals surface area contributed by atoms with E-state index in [0.717, 1.165) is 34.3 Å². The highest BCUT2D eigenvalue weighted by Gasteiger charge is 2.35. The Labute approximate surface area is 328 Å². The van der Waals surface area contributed by atoms with Crippen LogP contribution in [0.3, 0.4) is 0 Å². The van der Waals surface area contributed by atoms with Gasteiger partial charge in [0.25, 0.3) is 0 Å². The van der Waals surface area contributed by atoms with Crippen molar-refractivity contribution >= 4 is 23.6 Å². The minimum Gasteiger partial charge on any atom is -0.511 e. The number of Topliss-reactive ketones (excluding diaryl/α,β-unsaturated/α-hetero) is 1. The van der Waals surface area contributed by atoms with Crippen molar-refractivity contribution in [2.45, 2.75) is 154 Å². The Morgan fingerprint density at radius 3 is 1.95 bits per heavy atom. The molecular weight excluding hydrogens is 691 g/mol. The molecule has 9 heteroatoms. The van der Waals surface area contributed by atoms with E-state index in [1.54, 1.807) is 0 Å². The second kappa shape index (κ2) is 20.3. The van der Waals surface area contributed by atoms with Crippen molar-refractivity contribution in [1.82, 2.24) is 10.6 Å². The number of rotatable bonds is 14. The molecule has 2 aromatic carbocycles. The van der Waals surface area contributed by atoms with Crippen LogP contribution in [0.5, 0.6) is 0 Å². The summed E-state index contributed by atoms with van der Waals surface area (Å²) in [5.41, 5.74) is 5.10. The molecule has 4 aliphatic rings. The monoisotopic (exact) mass is 755 g/mol. The molecule has 2 aromatic rings. The number of carbonyl (C=O) groups excluding carboxylic acids is 2. The topological polar surface area (TPSA) is 137 Å². The molecule has 0 radical (unpaired) electrons. The molecule has 0 heterocycles. The number of nitrogens with one attached hydrogen (secondary N) is 2. The van der Waals surface area contributed by atoms with Crippen LogP contribution in [-0.4, -0.2) is 65.0 Å². The van der Waals surface area contributed by atoms with E-state index in [1.165, 1.54) is 64.2 Å². The van der Waals surface area contributed by atoms with Gasteiger partial charge in [0.2, 0.25) is 0 Å². The summed E-state index contributed by atoms with van der Waals surface area (Å²) >= 11 is 0. The average Bonchev–Trinajstić information content (AvgIpc) is 3.46. The number of aliphatic imine (C=N–C) groups is 1. The highest BCUT2D eigenvalue weighted by atomic mass is 16.5. The third-order valence-corrected chi connectivity index (χ3v) is 11.6. The normalized spacial score (nSPS) is 19.7. The van der Waals surface area contributed by atoms with Crippen LogP contribution in [0.1, 0.15) is 147 Å². The van der Waals surface area contributed by atoms with Crippen molar-refractivity contribution < 1.29 is 29.3 Å². The standard InChI is InChI=1S/C34H42N2O6.C12H23N/c1-21(2)17-28(31-29(37)18-34(3,4)19-30(31)38)35-16-10-9-15-27(32(39)40)36-33(41)42-20-26-24-13-7-5-11-22(24)23-12-6-8-14-25(23)26;1-3-7-11(8-4-1)13-12-9-5-2-6-10-12/h5-8,11-14,21,26-27,37H,9-10,15-20H2,1-4H3,(H,36,41)(H,39,40);11-13H,1-10H2/t27-;/m0./s1. The number of aliphatic hydroxyl groups is 1. The molecule has 4 aliphatic carbocycles. The second-order valence-corrected chi connectivity index (χ2v) is 17.4. The molecule has 2 fully saturated rings. The molecule has 0 spiro atoms. The molecule has 0 aliphatic heterocycles. The highest BCUT2D eigenvalue weighted by molar-refractivity contribution is 6.23. The maximum atomic E-state index is 12.8. The highest BCUT2D eigenvalue weighted by Crippen LogP contribution is 2.44. The summed E-state index contributed by atoms with van der Waals surface area (Å²) in [6, 6.07) is 16.7. The van der Waals surface area contributed by atoms with Gasteiger partial charge in [0.1, 0.15) is 18.4 Å². The number of carboxylic acid groups (broad SMARTS) is 1. The zero-order chi connectivity index (χ0) is 39.4. The Kier molecular flexibility index (Phi) is 15.5. The van der Waals surface area contributed by atoms with Crippen LogP contribution in [0.2, 0.25) is 0 Å². The van der Waals surface area contributed by atoms with Gasteiger partial charge in [-0.1, -0.05) is 115 Å². The Bertz CT molecular complexity index is 1610. The van der Waals surface area contributed by atoms with Gasteiger partial charge in [-0.05, 0) is 85.0 Å². The first kappa shape index (κ1) is 42.2.